The van der Waals surface area contributed by atoms with E-state index in [0.29, 0.717) is 25.3 Å². The molecule has 0 radical (unpaired) electrons. The maximum Gasteiger partial charge on any atom is 0.306 e. The SMILES string of the molecule is Cc1ccc(OCc2cccc(C(=O)NCCn3cc([N+](=O)[O-])cn3)c2)c(C)c1. The van der Waals surface area contributed by atoms with Crippen LogP contribution < -0.4 is 10.1 Å². The molecule has 1 amide bonds. The summed E-state index contributed by atoms with van der Waals surface area (Å²) >= 11 is 0. The Balaban J connectivity index is 1.53. The lowest BCUT2D eigenvalue weighted by Crippen LogP contribution is -2.27. The highest BCUT2D eigenvalue weighted by Gasteiger charge is 2.10. The number of benzene rings is 2. The zero-order valence-electron chi connectivity index (χ0n) is 16.3. The summed E-state index contributed by atoms with van der Waals surface area (Å²) in [5.41, 5.74) is 3.59. The molecule has 3 aromatic rings. The van der Waals surface area contributed by atoms with E-state index in [-0.39, 0.29) is 11.6 Å². The summed E-state index contributed by atoms with van der Waals surface area (Å²) in [6.45, 7) is 5.05. The lowest BCUT2D eigenvalue weighted by molar-refractivity contribution is -0.385. The number of aromatic nitrogens is 2. The van der Waals surface area contributed by atoms with Gasteiger partial charge in [-0.1, -0.05) is 29.8 Å². The van der Waals surface area contributed by atoms with E-state index in [1.165, 1.54) is 22.6 Å². The second-order valence-corrected chi connectivity index (χ2v) is 6.73. The van der Waals surface area contributed by atoms with Gasteiger partial charge in [0.15, 0.2) is 0 Å². The predicted octanol–water partition coefficient (Wildman–Crippen LogP) is 3.42. The molecule has 0 aliphatic rings. The number of carbonyl (C=O) groups is 1. The average Bonchev–Trinajstić information content (AvgIpc) is 3.17. The summed E-state index contributed by atoms with van der Waals surface area (Å²) in [7, 11) is 0. The summed E-state index contributed by atoms with van der Waals surface area (Å²) in [6.07, 6.45) is 2.51. The van der Waals surface area contributed by atoms with Crippen LogP contribution in [0.1, 0.15) is 27.0 Å². The quantitative estimate of drug-likeness (QED) is 0.466. The maximum absolute atomic E-state index is 12.4. The summed E-state index contributed by atoms with van der Waals surface area (Å²) in [6, 6.07) is 13.2. The molecule has 1 N–H and O–H groups in total. The van der Waals surface area contributed by atoms with Crippen LogP contribution in [0.3, 0.4) is 0 Å². The first kappa shape index (κ1) is 20.1. The van der Waals surface area contributed by atoms with E-state index < -0.39 is 4.92 Å². The predicted molar refractivity (Wildman–Crippen MR) is 108 cm³/mol. The van der Waals surface area contributed by atoms with Crippen LogP contribution >= 0.6 is 0 Å². The summed E-state index contributed by atoms with van der Waals surface area (Å²) < 4.78 is 7.30. The second kappa shape index (κ2) is 9.01. The van der Waals surface area contributed by atoms with Crippen molar-refractivity contribution in [2.75, 3.05) is 6.54 Å². The number of nitrogens with zero attached hydrogens (tertiary/aromatic N) is 3. The first-order valence-corrected chi connectivity index (χ1v) is 9.16. The van der Waals surface area contributed by atoms with Gasteiger partial charge in [0.05, 0.1) is 11.5 Å². The minimum atomic E-state index is -0.506. The fourth-order valence-corrected chi connectivity index (χ4v) is 2.88. The normalized spacial score (nSPS) is 10.6. The third-order valence-corrected chi connectivity index (χ3v) is 4.37. The van der Waals surface area contributed by atoms with Crippen LogP contribution in [-0.4, -0.2) is 27.2 Å². The topological polar surface area (TPSA) is 99.3 Å². The molecule has 29 heavy (non-hydrogen) atoms. The van der Waals surface area contributed by atoms with Crippen LogP contribution in [0.25, 0.3) is 0 Å². The maximum atomic E-state index is 12.4. The van der Waals surface area contributed by atoms with E-state index in [0.717, 1.165) is 16.9 Å². The van der Waals surface area contributed by atoms with Gasteiger partial charge in [0.25, 0.3) is 5.91 Å². The van der Waals surface area contributed by atoms with Crippen LogP contribution in [0.4, 0.5) is 5.69 Å². The Morgan fingerprint density at radius 3 is 2.79 bits per heavy atom. The Morgan fingerprint density at radius 1 is 1.24 bits per heavy atom. The minimum Gasteiger partial charge on any atom is -0.489 e. The fourth-order valence-electron chi connectivity index (χ4n) is 2.88. The minimum absolute atomic E-state index is 0.0761. The molecule has 0 bridgehead atoms. The van der Waals surface area contributed by atoms with Crippen LogP contribution in [0.2, 0.25) is 0 Å². The molecular weight excluding hydrogens is 372 g/mol. The molecule has 8 heteroatoms. The lowest BCUT2D eigenvalue weighted by Gasteiger charge is -2.11. The van der Waals surface area contributed by atoms with E-state index in [4.69, 9.17) is 4.74 Å². The molecule has 2 aromatic carbocycles. The zero-order chi connectivity index (χ0) is 20.8. The van der Waals surface area contributed by atoms with Crippen LogP contribution in [0, 0.1) is 24.0 Å². The van der Waals surface area contributed by atoms with Crippen molar-refractivity contribution in [3.05, 3.63) is 87.2 Å². The molecule has 0 aliphatic carbocycles. The first-order chi connectivity index (χ1) is 13.9. The van der Waals surface area contributed by atoms with E-state index in [2.05, 4.69) is 16.5 Å². The molecule has 0 atom stereocenters. The van der Waals surface area contributed by atoms with Gasteiger partial charge in [-0.25, -0.2) is 0 Å². The van der Waals surface area contributed by atoms with E-state index in [9.17, 15) is 14.9 Å². The van der Waals surface area contributed by atoms with Gasteiger partial charge in [-0.15, -0.1) is 0 Å². The summed E-state index contributed by atoms with van der Waals surface area (Å²) in [4.78, 5) is 22.5. The highest BCUT2D eigenvalue weighted by molar-refractivity contribution is 5.94. The van der Waals surface area contributed by atoms with Gasteiger partial charge in [-0.05, 0) is 43.2 Å². The number of nitro groups is 1. The Labute approximate surface area is 168 Å². The van der Waals surface area contributed by atoms with Gasteiger partial charge in [0.2, 0.25) is 0 Å². The highest BCUT2D eigenvalue weighted by Crippen LogP contribution is 2.20. The smallest absolute Gasteiger partial charge is 0.306 e. The van der Waals surface area contributed by atoms with Crippen molar-refractivity contribution in [2.45, 2.75) is 27.0 Å². The van der Waals surface area contributed by atoms with E-state index in [1.54, 1.807) is 12.1 Å². The lowest BCUT2D eigenvalue weighted by atomic mass is 10.1. The van der Waals surface area contributed by atoms with Crippen molar-refractivity contribution in [2.24, 2.45) is 0 Å². The molecule has 1 aromatic heterocycles. The van der Waals surface area contributed by atoms with Gasteiger partial charge in [0, 0.05) is 12.1 Å². The van der Waals surface area contributed by atoms with Crippen LogP contribution in [0.5, 0.6) is 5.75 Å². The van der Waals surface area contributed by atoms with Crippen molar-refractivity contribution in [3.8, 4) is 5.75 Å². The molecule has 0 saturated carbocycles. The number of amides is 1. The first-order valence-electron chi connectivity index (χ1n) is 9.16. The van der Waals surface area contributed by atoms with Gasteiger partial charge in [0.1, 0.15) is 24.8 Å². The molecule has 0 saturated heterocycles. The number of carbonyl (C=O) groups excluding carboxylic acids is 1. The van der Waals surface area contributed by atoms with Crippen molar-refractivity contribution in [1.29, 1.82) is 0 Å². The largest absolute Gasteiger partial charge is 0.489 e. The molecular formula is C21H22N4O4. The monoisotopic (exact) mass is 394 g/mol. The third kappa shape index (κ3) is 5.41. The van der Waals surface area contributed by atoms with Gasteiger partial charge >= 0.3 is 5.69 Å². The van der Waals surface area contributed by atoms with E-state index in [1.807, 2.05) is 38.1 Å². The molecule has 8 nitrogen and oxygen atoms in total. The summed E-state index contributed by atoms with van der Waals surface area (Å²) in [5.74, 6) is 0.596. The molecule has 0 fully saturated rings. The Bertz CT molecular complexity index is 1030. The van der Waals surface area contributed by atoms with Crippen molar-refractivity contribution < 1.29 is 14.5 Å². The number of rotatable bonds is 8. The number of hydrogen-bond donors (Lipinski definition) is 1. The Hall–Kier alpha value is -3.68. The molecule has 150 valence electrons. The van der Waals surface area contributed by atoms with Crippen molar-refractivity contribution in [3.63, 3.8) is 0 Å². The van der Waals surface area contributed by atoms with Crippen molar-refractivity contribution in [1.82, 2.24) is 15.1 Å². The molecule has 3 rings (SSSR count). The number of aryl methyl sites for hydroxylation is 2. The Morgan fingerprint density at radius 2 is 2.07 bits per heavy atom. The zero-order valence-corrected chi connectivity index (χ0v) is 16.3. The average molecular weight is 394 g/mol. The molecule has 0 aliphatic heterocycles. The fraction of sp³-hybridized carbons (Fsp3) is 0.238. The van der Waals surface area contributed by atoms with Gasteiger partial charge in [-0.3, -0.25) is 19.6 Å². The standard InChI is InChI=1S/C21H22N4O4/c1-15-6-7-20(16(2)10-15)29-14-17-4-3-5-18(11-17)21(26)22-8-9-24-13-19(12-23-24)25(27)28/h3-7,10-13H,8-9,14H2,1-2H3,(H,22,26). The number of nitrogens with one attached hydrogen (secondary N) is 1. The molecule has 0 spiro atoms. The number of ether oxygens (including phenoxy) is 1. The third-order valence-electron chi connectivity index (χ3n) is 4.37. The summed E-state index contributed by atoms with van der Waals surface area (Å²) in [5, 5.41) is 17.3. The second-order valence-electron chi connectivity index (χ2n) is 6.73. The van der Waals surface area contributed by atoms with Crippen LogP contribution in [-0.2, 0) is 13.2 Å². The van der Waals surface area contributed by atoms with Crippen LogP contribution in [0.15, 0.2) is 54.9 Å². The van der Waals surface area contributed by atoms with Gasteiger partial charge < -0.3 is 10.1 Å². The molecule has 0 unspecified atom stereocenters. The van der Waals surface area contributed by atoms with Crippen molar-refractivity contribution >= 4 is 11.6 Å². The molecule has 1 heterocycles. The highest BCUT2D eigenvalue weighted by atomic mass is 16.6. The van der Waals surface area contributed by atoms with E-state index >= 15 is 0 Å². The Kier molecular flexibility index (Phi) is 6.23. The number of hydrogen-bond acceptors (Lipinski definition) is 5. The van der Waals surface area contributed by atoms with Gasteiger partial charge in [-0.2, -0.15) is 5.10 Å².